The van der Waals surface area contributed by atoms with Crippen LogP contribution in [0.15, 0.2) is 47.4 Å². The van der Waals surface area contributed by atoms with E-state index >= 15 is 0 Å². The Balaban J connectivity index is 1.63. The molecule has 0 bridgehead atoms. The zero-order valence-electron chi connectivity index (χ0n) is 16.7. The number of anilines is 1. The molecule has 0 atom stereocenters. The average Bonchev–Trinajstić information content (AvgIpc) is 3.28. The predicted molar refractivity (Wildman–Crippen MR) is 113 cm³/mol. The molecule has 9 nitrogen and oxygen atoms in total. The van der Waals surface area contributed by atoms with E-state index in [4.69, 9.17) is 0 Å². The SMILES string of the molecule is O=C(Cc1ccc(F)cc1)NCCNc1ccc([N+](=O)[O-])cc1S(=O)(=O)N1CCCC1. The second kappa shape index (κ2) is 9.84. The van der Waals surface area contributed by atoms with E-state index in [1.165, 1.54) is 40.7 Å². The highest BCUT2D eigenvalue weighted by Crippen LogP contribution is 2.30. The number of halogens is 1. The van der Waals surface area contributed by atoms with Gasteiger partial charge in [-0.3, -0.25) is 14.9 Å². The second-order valence-corrected chi connectivity index (χ2v) is 9.04. The Bertz CT molecular complexity index is 1050. The van der Waals surface area contributed by atoms with Crippen LogP contribution in [-0.2, 0) is 21.2 Å². The number of nitrogens with one attached hydrogen (secondary N) is 2. The maximum absolute atomic E-state index is 13.0. The third kappa shape index (κ3) is 5.76. The number of nitrogens with zero attached hydrogens (tertiary/aromatic N) is 2. The summed E-state index contributed by atoms with van der Waals surface area (Å²) in [6, 6.07) is 9.27. The van der Waals surface area contributed by atoms with Gasteiger partial charge in [-0.15, -0.1) is 0 Å². The Hall–Kier alpha value is -3.05. The number of non-ortho nitro benzene ring substituents is 1. The van der Waals surface area contributed by atoms with Crippen LogP contribution < -0.4 is 10.6 Å². The van der Waals surface area contributed by atoms with Crippen LogP contribution >= 0.6 is 0 Å². The van der Waals surface area contributed by atoms with Crippen LogP contribution in [0.1, 0.15) is 18.4 Å². The molecule has 0 radical (unpaired) electrons. The number of benzene rings is 2. The summed E-state index contributed by atoms with van der Waals surface area (Å²) in [7, 11) is -3.87. The fourth-order valence-corrected chi connectivity index (χ4v) is 5.01. The topological polar surface area (TPSA) is 122 Å². The summed E-state index contributed by atoms with van der Waals surface area (Å²) in [6.45, 7) is 1.18. The van der Waals surface area contributed by atoms with E-state index in [1.54, 1.807) is 0 Å². The molecule has 1 aliphatic rings. The van der Waals surface area contributed by atoms with Gasteiger partial charge in [0, 0.05) is 38.3 Å². The minimum Gasteiger partial charge on any atom is -0.382 e. The molecule has 0 aliphatic carbocycles. The standard InChI is InChI=1S/C20H23FN4O5S/c21-16-5-3-15(4-6-16)13-20(26)23-10-9-22-18-8-7-17(25(27)28)14-19(18)31(29,30)24-11-1-2-12-24/h3-8,14,22H,1-2,9-13H2,(H,23,26). The smallest absolute Gasteiger partial charge is 0.270 e. The number of rotatable bonds is 9. The van der Waals surface area contributed by atoms with Crippen LogP contribution in [0.5, 0.6) is 0 Å². The maximum atomic E-state index is 13.0. The van der Waals surface area contributed by atoms with Crippen LogP contribution in [0.25, 0.3) is 0 Å². The van der Waals surface area contributed by atoms with Gasteiger partial charge in [-0.25, -0.2) is 12.8 Å². The highest BCUT2D eigenvalue weighted by atomic mass is 32.2. The highest BCUT2D eigenvalue weighted by Gasteiger charge is 2.30. The Morgan fingerprint density at radius 3 is 2.42 bits per heavy atom. The Labute approximate surface area is 179 Å². The lowest BCUT2D eigenvalue weighted by molar-refractivity contribution is -0.385. The summed E-state index contributed by atoms with van der Waals surface area (Å²) in [5.41, 5.74) is 0.599. The molecule has 11 heteroatoms. The number of carbonyl (C=O) groups excluding carboxylic acids is 1. The predicted octanol–water partition coefficient (Wildman–Crippen LogP) is 2.29. The first-order valence-electron chi connectivity index (χ1n) is 9.81. The van der Waals surface area contributed by atoms with E-state index in [1.807, 2.05) is 0 Å². The van der Waals surface area contributed by atoms with Crippen LogP contribution in [0.4, 0.5) is 15.8 Å². The van der Waals surface area contributed by atoms with Gasteiger partial charge < -0.3 is 10.6 Å². The number of carbonyl (C=O) groups is 1. The van der Waals surface area contributed by atoms with Crippen molar-refractivity contribution in [3.8, 4) is 0 Å². The Morgan fingerprint density at radius 2 is 1.77 bits per heavy atom. The number of amides is 1. The normalized spacial score (nSPS) is 14.4. The molecule has 1 amide bonds. The molecule has 1 aliphatic heterocycles. The van der Waals surface area contributed by atoms with E-state index in [-0.39, 0.29) is 47.5 Å². The zero-order valence-corrected chi connectivity index (χ0v) is 17.5. The molecule has 2 N–H and O–H groups in total. The molecule has 2 aromatic carbocycles. The van der Waals surface area contributed by atoms with Crippen molar-refractivity contribution in [1.82, 2.24) is 9.62 Å². The van der Waals surface area contributed by atoms with Crippen molar-refractivity contribution in [1.29, 1.82) is 0 Å². The van der Waals surface area contributed by atoms with Crippen molar-refractivity contribution in [2.45, 2.75) is 24.2 Å². The lowest BCUT2D eigenvalue weighted by Crippen LogP contribution is -2.31. The fraction of sp³-hybridized carbons (Fsp3) is 0.350. The lowest BCUT2D eigenvalue weighted by atomic mass is 10.1. The number of hydrogen-bond donors (Lipinski definition) is 2. The van der Waals surface area contributed by atoms with E-state index in [9.17, 15) is 27.7 Å². The molecule has 0 saturated carbocycles. The molecule has 3 rings (SSSR count). The van der Waals surface area contributed by atoms with E-state index < -0.39 is 14.9 Å². The van der Waals surface area contributed by atoms with Gasteiger partial charge in [0.05, 0.1) is 17.0 Å². The third-order valence-corrected chi connectivity index (χ3v) is 6.84. The third-order valence-electron chi connectivity index (χ3n) is 4.90. The van der Waals surface area contributed by atoms with Crippen molar-refractivity contribution in [3.05, 3.63) is 64.0 Å². The van der Waals surface area contributed by atoms with Crippen LogP contribution in [-0.4, -0.2) is 49.7 Å². The van der Waals surface area contributed by atoms with Gasteiger partial charge in [0.25, 0.3) is 5.69 Å². The molecule has 0 spiro atoms. The van der Waals surface area contributed by atoms with Crippen molar-refractivity contribution in [2.75, 3.05) is 31.5 Å². The maximum Gasteiger partial charge on any atom is 0.270 e. The first kappa shape index (κ1) is 22.6. The van der Waals surface area contributed by atoms with Crippen LogP contribution in [0.2, 0.25) is 0 Å². The fourth-order valence-electron chi connectivity index (χ4n) is 3.30. The van der Waals surface area contributed by atoms with Gasteiger partial charge in [0.15, 0.2) is 0 Å². The minimum atomic E-state index is -3.87. The largest absolute Gasteiger partial charge is 0.382 e. The Morgan fingerprint density at radius 1 is 1.10 bits per heavy atom. The van der Waals surface area contributed by atoms with E-state index in [0.29, 0.717) is 18.7 Å². The van der Waals surface area contributed by atoms with E-state index in [2.05, 4.69) is 10.6 Å². The molecule has 1 saturated heterocycles. The first-order chi connectivity index (χ1) is 14.8. The molecular weight excluding hydrogens is 427 g/mol. The summed E-state index contributed by atoms with van der Waals surface area (Å²) in [5, 5.41) is 16.8. The molecule has 31 heavy (non-hydrogen) atoms. The van der Waals surface area contributed by atoms with Crippen LogP contribution in [0.3, 0.4) is 0 Å². The lowest BCUT2D eigenvalue weighted by Gasteiger charge is -2.19. The van der Waals surface area contributed by atoms with Crippen molar-refractivity contribution in [2.24, 2.45) is 0 Å². The second-order valence-electron chi connectivity index (χ2n) is 7.13. The number of nitro benzene ring substituents is 1. The molecule has 2 aromatic rings. The zero-order chi connectivity index (χ0) is 22.4. The quantitative estimate of drug-likeness (QED) is 0.343. The first-order valence-corrected chi connectivity index (χ1v) is 11.2. The van der Waals surface area contributed by atoms with Gasteiger partial charge in [-0.05, 0) is 36.6 Å². The molecule has 166 valence electrons. The molecule has 0 aromatic heterocycles. The summed E-state index contributed by atoms with van der Waals surface area (Å²) in [6.07, 6.45) is 1.58. The van der Waals surface area contributed by atoms with Gasteiger partial charge in [-0.2, -0.15) is 4.31 Å². The van der Waals surface area contributed by atoms with Crippen LogP contribution in [0, 0.1) is 15.9 Å². The van der Waals surface area contributed by atoms with Crippen molar-refractivity contribution >= 4 is 27.3 Å². The molecule has 1 fully saturated rings. The van der Waals surface area contributed by atoms with Crippen molar-refractivity contribution in [3.63, 3.8) is 0 Å². The Kier molecular flexibility index (Phi) is 7.18. The number of hydrogen-bond acceptors (Lipinski definition) is 6. The molecule has 1 heterocycles. The van der Waals surface area contributed by atoms with Gasteiger partial charge in [0.2, 0.25) is 15.9 Å². The van der Waals surface area contributed by atoms with Gasteiger partial charge >= 0.3 is 0 Å². The minimum absolute atomic E-state index is 0.0897. The summed E-state index contributed by atoms with van der Waals surface area (Å²) in [5.74, 6) is -0.641. The average molecular weight is 450 g/mol. The van der Waals surface area contributed by atoms with Gasteiger partial charge in [-0.1, -0.05) is 12.1 Å². The summed E-state index contributed by atoms with van der Waals surface area (Å²) in [4.78, 5) is 22.4. The van der Waals surface area contributed by atoms with Crippen molar-refractivity contribution < 1.29 is 22.5 Å². The molecule has 0 unspecified atom stereocenters. The number of sulfonamides is 1. The highest BCUT2D eigenvalue weighted by molar-refractivity contribution is 7.89. The van der Waals surface area contributed by atoms with E-state index in [0.717, 1.165) is 18.9 Å². The number of nitro groups is 1. The summed E-state index contributed by atoms with van der Waals surface area (Å²) < 4.78 is 40.2. The molecular formula is C20H23FN4O5S. The monoisotopic (exact) mass is 450 g/mol. The summed E-state index contributed by atoms with van der Waals surface area (Å²) >= 11 is 0. The van der Waals surface area contributed by atoms with Gasteiger partial charge in [0.1, 0.15) is 10.7 Å².